The molecule has 0 radical (unpaired) electrons. The molecular weight excluding hydrogens is 328 g/mol. The van der Waals surface area contributed by atoms with Crippen LogP contribution in [0.5, 0.6) is 0 Å². The lowest BCUT2D eigenvalue weighted by Crippen LogP contribution is -2.49. The molecule has 24 heavy (non-hydrogen) atoms. The highest BCUT2D eigenvalue weighted by Crippen LogP contribution is 2.25. The minimum atomic E-state index is -0.0803. The molecule has 1 aromatic carbocycles. The lowest BCUT2D eigenvalue weighted by molar-refractivity contribution is 0.0614. The third-order valence-corrected chi connectivity index (χ3v) is 4.64. The molecule has 6 nitrogen and oxygen atoms in total. The second-order valence-corrected chi connectivity index (χ2v) is 6.21. The number of halogens is 1. The van der Waals surface area contributed by atoms with E-state index in [0.29, 0.717) is 36.0 Å². The lowest BCUT2D eigenvalue weighted by atomic mass is 10.2. The van der Waals surface area contributed by atoms with Crippen LogP contribution in [-0.2, 0) is 0 Å². The minimum absolute atomic E-state index is 0.0803. The Bertz CT molecular complexity index is 709. The Balaban J connectivity index is 1.80. The molecule has 3 rings (SSSR count). The van der Waals surface area contributed by atoms with E-state index in [9.17, 15) is 4.79 Å². The summed E-state index contributed by atoms with van der Waals surface area (Å²) >= 11 is 6.47. The van der Waals surface area contributed by atoms with Crippen LogP contribution in [0.3, 0.4) is 0 Å². The number of β-amino-alcohol motifs (C(OH)–C–C–N with tert-alkyl or cyclic N) is 1. The fourth-order valence-electron chi connectivity index (χ4n) is 2.96. The number of hydrogen-bond donors (Lipinski definition) is 1. The fraction of sp³-hybridized carbons (Fsp3) is 0.412. The van der Waals surface area contributed by atoms with Gasteiger partial charge in [-0.3, -0.25) is 9.69 Å². The number of aliphatic hydroxyl groups excluding tert-OH is 1. The third kappa shape index (κ3) is 3.31. The highest BCUT2D eigenvalue weighted by atomic mass is 35.5. The second kappa shape index (κ2) is 7.34. The maximum Gasteiger partial charge on any atom is 0.258 e. The number of aryl methyl sites for hydroxylation is 1. The van der Waals surface area contributed by atoms with Crippen molar-refractivity contribution in [2.24, 2.45) is 0 Å². The van der Waals surface area contributed by atoms with E-state index in [4.69, 9.17) is 16.7 Å². The van der Waals surface area contributed by atoms with E-state index in [1.165, 1.54) is 0 Å². The van der Waals surface area contributed by atoms with Crippen molar-refractivity contribution < 1.29 is 9.90 Å². The predicted octanol–water partition coefficient (Wildman–Crippen LogP) is 1.58. The van der Waals surface area contributed by atoms with Gasteiger partial charge in [-0.15, -0.1) is 0 Å². The fourth-order valence-corrected chi connectivity index (χ4v) is 3.31. The van der Waals surface area contributed by atoms with Crippen LogP contribution in [0.1, 0.15) is 16.1 Å². The molecule has 1 aliphatic heterocycles. The van der Waals surface area contributed by atoms with Gasteiger partial charge >= 0.3 is 0 Å². The number of aromatic nitrogens is 2. The number of carbonyl (C=O) groups excluding carboxylic acids is 1. The van der Waals surface area contributed by atoms with Crippen LogP contribution in [0.15, 0.2) is 30.3 Å². The quantitative estimate of drug-likeness (QED) is 0.911. The molecule has 0 aliphatic carbocycles. The molecule has 0 unspecified atom stereocenters. The highest BCUT2D eigenvalue weighted by molar-refractivity contribution is 6.33. The number of benzene rings is 1. The summed E-state index contributed by atoms with van der Waals surface area (Å²) in [7, 11) is 0. The zero-order valence-electron chi connectivity index (χ0n) is 13.7. The standard InChI is InChI=1S/C17H21ClN4O2/c1-13-15(16(18)22(19-13)14-5-3-2-4-6-14)17(24)21-9-7-20(8-10-21)11-12-23/h2-6,23H,7-12H2,1H3. The van der Waals surface area contributed by atoms with Gasteiger partial charge in [-0.05, 0) is 19.1 Å². The lowest BCUT2D eigenvalue weighted by Gasteiger charge is -2.34. The van der Waals surface area contributed by atoms with Crippen molar-refractivity contribution >= 4 is 17.5 Å². The normalized spacial score (nSPS) is 15.7. The molecule has 1 saturated heterocycles. The Morgan fingerprint density at radius 2 is 1.88 bits per heavy atom. The number of piperazine rings is 1. The molecule has 1 amide bonds. The smallest absolute Gasteiger partial charge is 0.258 e. The first-order chi connectivity index (χ1) is 11.6. The van der Waals surface area contributed by atoms with Gasteiger partial charge in [-0.2, -0.15) is 5.10 Å². The Hall–Kier alpha value is -1.89. The van der Waals surface area contributed by atoms with E-state index in [1.54, 1.807) is 16.5 Å². The third-order valence-electron chi connectivity index (χ3n) is 4.29. The zero-order chi connectivity index (χ0) is 17.1. The van der Waals surface area contributed by atoms with Crippen LogP contribution in [0.4, 0.5) is 0 Å². The number of rotatable bonds is 4. The van der Waals surface area contributed by atoms with E-state index < -0.39 is 0 Å². The van der Waals surface area contributed by atoms with Crippen molar-refractivity contribution in [3.05, 3.63) is 46.7 Å². The van der Waals surface area contributed by atoms with Gasteiger partial charge in [0.05, 0.1) is 23.6 Å². The summed E-state index contributed by atoms with van der Waals surface area (Å²) < 4.78 is 1.60. The summed E-state index contributed by atoms with van der Waals surface area (Å²) in [5, 5.41) is 13.8. The average Bonchev–Trinajstić information content (AvgIpc) is 2.90. The molecule has 128 valence electrons. The van der Waals surface area contributed by atoms with Gasteiger partial charge in [0.25, 0.3) is 5.91 Å². The topological polar surface area (TPSA) is 61.6 Å². The first-order valence-electron chi connectivity index (χ1n) is 8.05. The van der Waals surface area contributed by atoms with Gasteiger partial charge in [-0.1, -0.05) is 29.8 Å². The van der Waals surface area contributed by atoms with Crippen LogP contribution in [0.2, 0.25) is 5.15 Å². The molecule has 7 heteroatoms. The van der Waals surface area contributed by atoms with Crippen molar-refractivity contribution in [3.63, 3.8) is 0 Å². The number of amides is 1. The predicted molar refractivity (Wildman–Crippen MR) is 92.7 cm³/mol. The molecule has 1 aliphatic rings. The molecule has 0 bridgehead atoms. The van der Waals surface area contributed by atoms with Crippen molar-refractivity contribution in [1.82, 2.24) is 19.6 Å². The molecule has 0 spiro atoms. The van der Waals surface area contributed by atoms with Crippen molar-refractivity contribution in [1.29, 1.82) is 0 Å². The summed E-state index contributed by atoms with van der Waals surface area (Å²) in [4.78, 5) is 16.8. The van der Waals surface area contributed by atoms with Crippen molar-refractivity contribution in [3.8, 4) is 5.69 Å². The number of aliphatic hydroxyl groups is 1. The Labute approximate surface area is 146 Å². The highest BCUT2D eigenvalue weighted by Gasteiger charge is 2.27. The number of carbonyl (C=O) groups is 1. The largest absolute Gasteiger partial charge is 0.395 e. The molecule has 0 saturated carbocycles. The van der Waals surface area contributed by atoms with Crippen LogP contribution in [0.25, 0.3) is 5.69 Å². The number of para-hydroxylation sites is 1. The molecule has 1 fully saturated rings. The summed E-state index contributed by atoms with van der Waals surface area (Å²) in [6.07, 6.45) is 0. The van der Waals surface area contributed by atoms with Gasteiger partial charge in [0.2, 0.25) is 0 Å². The van der Waals surface area contributed by atoms with Crippen molar-refractivity contribution in [2.45, 2.75) is 6.92 Å². The second-order valence-electron chi connectivity index (χ2n) is 5.86. The van der Waals surface area contributed by atoms with Gasteiger partial charge in [0, 0.05) is 32.7 Å². The maximum atomic E-state index is 12.9. The van der Waals surface area contributed by atoms with Crippen LogP contribution in [0, 0.1) is 6.92 Å². The molecule has 1 N–H and O–H groups in total. The first-order valence-corrected chi connectivity index (χ1v) is 8.42. The number of hydrogen-bond acceptors (Lipinski definition) is 4. The van der Waals surface area contributed by atoms with Gasteiger partial charge in [0.1, 0.15) is 5.15 Å². The maximum absolute atomic E-state index is 12.9. The average molecular weight is 349 g/mol. The summed E-state index contributed by atoms with van der Waals surface area (Å²) in [5.41, 5.74) is 1.93. The van der Waals surface area contributed by atoms with Crippen LogP contribution >= 0.6 is 11.6 Å². The summed E-state index contributed by atoms with van der Waals surface area (Å²) in [6, 6.07) is 9.54. The van der Waals surface area contributed by atoms with Crippen LogP contribution < -0.4 is 0 Å². The van der Waals surface area contributed by atoms with E-state index in [-0.39, 0.29) is 12.5 Å². The molecular formula is C17H21ClN4O2. The first kappa shape index (κ1) is 17.0. The van der Waals surface area contributed by atoms with Crippen molar-refractivity contribution in [2.75, 3.05) is 39.3 Å². The van der Waals surface area contributed by atoms with E-state index >= 15 is 0 Å². The summed E-state index contributed by atoms with van der Waals surface area (Å²) in [6.45, 7) is 5.37. The van der Waals surface area contributed by atoms with Gasteiger partial charge in [-0.25, -0.2) is 4.68 Å². The van der Waals surface area contributed by atoms with E-state index in [0.717, 1.165) is 18.8 Å². The number of nitrogens with zero attached hydrogens (tertiary/aromatic N) is 4. The van der Waals surface area contributed by atoms with Crippen LogP contribution in [-0.4, -0.2) is 69.9 Å². The molecule has 2 aromatic rings. The molecule has 1 aromatic heterocycles. The summed E-state index contributed by atoms with van der Waals surface area (Å²) in [5.74, 6) is -0.0803. The molecule has 0 atom stereocenters. The zero-order valence-corrected chi connectivity index (χ0v) is 14.4. The van der Waals surface area contributed by atoms with E-state index in [2.05, 4.69) is 10.00 Å². The molecule has 2 heterocycles. The Morgan fingerprint density at radius 3 is 2.50 bits per heavy atom. The van der Waals surface area contributed by atoms with Gasteiger partial charge < -0.3 is 10.0 Å². The Kier molecular flexibility index (Phi) is 5.18. The SMILES string of the molecule is Cc1nn(-c2ccccc2)c(Cl)c1C(=O)N1CCN(CCO)CC1. The monoisotopic (exact) mass is 348 g/mol. The minimum Gasteiger partial charge on any atom is -0.395 e. The Morgan fingerprint density at radius 1 is 1.21 bits per heavy atom. The van der Waals surface area contributed by atoms with Gasteiger partial charge in [0.15, 0.2) is 0 Å². The van der Waals surface area contributed by atoms with E-state index in [1.807, 2.05) is 30.3 Å².